The van der Waals surface area contributed by atoms with Crippen LogP contribution in [-0.2, 0) is 22.6 Å². The molecule has 0 amide bonds. The highest BCUT2D eigenvalue weighted by Crippen LogP contribution is 2.31. The quantitative estimate of drug-likeness (QED) is 0.245. The number of hydrogen-bond donors (Lipinski definition) is 0. The molecule has 0 unspecified atom stereocenters. The van der Waals surface area contributed by atoms with Gasteiger partial charge in [-0.15, -0.1) is 0 Å². The van der Waals surface area contributed by atoms with Gasteiger partial charge < -0.3 is 0 Å². The summed E-state index contributed by atoms with van der Waals surface area (Å²) in [4.78, 5) is 27.5. The minimum absolute atomic E-state index is 0.0201. The molecule has 4 aromatic rings. The van der Waals surface area contributed by atoms with Crippen molar-refractivity contribution in [3.05, 3.63) is 98.5 Å². The summed E-state index contributed by atoms with van der Waals surface area (Å²) in [6.45, 7) is 1.47. The first-order valence-electron chi connectivity index (χ1n) is 13.1. The fourth-order valence-corrected chi connectivity index (χ4v) is 5.46. The molecule has 0 saturated carbocycles. The summed E-state index contributed by atoms with van der Waals surface area (Å²) in [5.41, 5.74) is -0.963. The molecule has 0 aliphatic carbocycles. The van der Waals surface area contributed by atoms with E-state index in [1.54, 1.807) is 30.3 Å². The van der Waals surface area contributed by atoms with Gasteiger partial charge in [-0.3, -0.25) is 13.9 Å². The highest BCUT2D eigenvalue weighted by molar-refractivity contribution is 7.90. The average Bonchev–Trinajstić information content (AvgIpc) is 3.40. The summed E-state index contributed by atoms with van der Waals surface area (Å²) in [6, 6.07) is 14.4. The van der Waals surface area contributed by atoms with E-state index in [2.05, 4.69) is 5.10 Å². The zero-order valence-electron chi connectivity index (χ0n) is 22.9. The lowest BCUT2D eigenvalue weighted by atomic mass is 10.1. The maximum atomic E-state index is 13.9. The van der Waals surface area contributed by atoms with E-state index in [9.17, 15) is 31.2 Å². The number of alkyl halides is 3. The molecule has 4 rings (SSSR count). The second-order valence-electron chi connectivity index (χ2n) is 9.91. The Kier molecular flexibility index (Phi) is 8.86. The number of benzene rings is 2. The van der Waals surface area contributed by atoms with Crippen molar-refractivity contribution in [3.8, 4) is 28.7 Å². The van der Waals surface area contributed by atoms with Crippen molar-refractivity contribution in [3.63, 3.8) is 0 Å². The molecule has 2 aromatic carbocycles. The molecule has 220 valence electrons. The van der Waals surface area contributed by atoms with Crippen LogP contribution in [0.3, 0.4) is 0 Å². The first-order valence-corrected chi connectivity index (χ1v) is 15.1. The van der Waals surface area contributed by atoms with Crippen molar-refractivity contribution in [1.29, 1.82) is 5.26 Å². The van der Waals surface area contributed by atoms with Gasteiger partial charge in [0.2, 0.25) is 0 Å². The monoisotopic (exact) mass is 599 g/mol. The molecule has 2 aromatic heterocycles. The molecule has 0 atom stereocenters. The van der Waals surface area contributed by atoms with Gasteiger partial charge in [0.05, 0.1) is 46.0 Å². The summed E-state index contributed by atoms with van der Waals surface area (Å²) in [5, 5.41) is 13.5. The predicted molar refractivity (Wildman–Crippen MR) is 151 cm³/mol. The van der Waals surface area contributed by atoms with Crippen LogP contribution in [0.4, 0.5) is 13.2 Å². The molecular weight excluding hydrogens is 571 g/mol. The molecule has 0 fully saturated rings. The Labute approximate surface area is 240 Å². The Morgan fingerprint density at radius 2 is 1.64 bits per heavy atom. The lowest BCUT2D eigenvalue weighted by Gasteiger charge is -2.19. The van der Waals surface area contributed by atoms with Crippen molar-refractivity contribution >= 4 is 9.84 Å². The summed E-state index contributed by atoms with van der Waals surface area (Å²) >= 11 is 0. The Morgan fingerprint density at radius 1 is 0.952 bits per heavy atom. The standard InChI is InChI=1S/C29H28F3N5O4S/c1-20-26(25-14-15-34-37(25)23-12-10-21(19-33)11-13-23)27(38)35(16-5-3-4-6-17-42(2,40)41)28(39)36(20)24-9-7-8-22(18-24)29(30,31)32/h7-15,18H,3-6,16-17H2,1-2H3. The Hall–Kier alpha value is -4.44. The number of nitriles is 1. The van der Waals surface area contributed by atoms with Crippen LogP contribution in [0.1, 0.15) is 42.5 Å². The minimum Gasteiger partial charge on any atom is -0.268 e. The van der Waals surface area contributed by atoms with Crippen molar-refractivity contribution in [2.45, 2.75) is 45.3 Å². The van der Waals surface area contributed by atoms with Gasteiger partial charge in [0.15, 0.2) is 0 Å². The van der Waals surface area contributed by atoms with Crippen LogP contribution in [0.25, 0.3) is 22.6 Å². The van der Waals surface area contributed by atoms with Gasteiger partial charge >= 0.3 is 11.9 Å². The molecule has 9 nitrogen and oxygen atoms in total. The van der Waals surface area contributed by atoms with E-state index in [1.165, 1.54) is 29.9 Å². The minimum atomic E-state index is -4.65. The third-order valence-electron chi connectivity index (χ3n) is 6.80. The summed E-state index contributed by atoms with van der Waals surface area (Å²) in [5.74, 6) is 0.0311. The molecule has 0 aliphatic heterocycles. The number of halogens is 3. The second-order valence-corrected chi connectivity index (χ2v) is 12.2. The third kappa shape index (κ3) is 6.71. The predicted octanol–water partition coefficient (Wildman–Crippen LogP) is 4.66. The van der Waals surface area contributed by atoms with E-state index >= 15 is 0 Å². The first kappa shape index (κ1) is 30.5. The molecule has 0 N–H and O–H groups in total. The number of nitrogens with zero attached hydrogens (tertiary/aromatic N) is 5. The SMILES string of the molecule is Cc1c(-c2ccnn2-c2ccc(C#N)cc2)c(=O)n(CCCCCCS(C)(=O)=O)c(=O)n1-c1cccc(C(F)(F)F)c1. The van der Waals surface area contributed by atoms with Gasteiger partial charge in [0.25, 0.3) is 5.56 Å². The largest absolute Gasteiger partial charge is 0.416 e. The fraction of sp³-hybridized carbons (Fsp3) is 0.310. The Morgan fingerprint density at radius 3 is 2.29 bits per heavy atom. The Bertz CT molecular complexity index is 1870. The molecule has 13 heteroatoms. The van der Waals surface area contributed by atoms with Crippen molar-refractivity contribution in [2.24, 2.45) is 0 Å². The molecule has 0 radical (unpaired) electrons. The van der Waals surface area contributed by atoms with Crippen molar-refractivity contribution in [1.82, 2.24) is 18.9 Å². The molecular formula is C29H28F3N5O4S. The van der Waals surface area contributed by atoms with Gasteiger partial charge in [0.1, 0.15) is 9.84 Å². The van der Waals surface area contributed by atoms with Crippen LogP contribution in [0, 0.1) is 18.3 Å². The summed E-state index contributed by atoms with van der Waals surface area (Å²) in [7, 11) is -3.11. The van der Waals surface area contributed by atoms with Gasteiger partial charge in [-0.25, -0.2) is 17.9 Å². The molecule has 0 bridgehead atoms. The van der Waals surface area contributed by atoms with Crippen LogP contribution in [0.5, 0.6) is 0 Å². The Balaban J connectivity index is 1.85. The highest BCUT2D eigenvalue weighted by atomic mass is 32.2. The lowest BCUT2D eigenvalue weighted by Crippen LogP contribution is -2.41. The van der Waals surface area contributed by atoms with Gasteiger partial charge in [-0.2, -0.15) is 23.5 Å². The number of sulfone groups is 1. The number of unbranched alkanes of at least 4 members (excludes halogenated alkanes) is 3. The normalized spacial score (nSPS) is 11.9. The zero-order chi connectivity index (χ0) is 30.7. The van der Waals surface area contributed by atoms with Crippen molar-refractivity contribution in [2.75, 3.05) is 12.0 Å². The lowest BCUT2D eigenvalue weighted by molar-refractivity contribution is -0.137. The second kappa shape index (κ2) is 12.2. The van der Waals surface area contributed by atoms with Crippen molar-refractivity contribution < 1.29 is 21.6 Å². The maximum Gasteiger partial charge on any atom is 0.416 e. The topological polar surface area (TPSA) is 120 Å². The first-order chi connectivity index (χ1) is 19.8. The smallest absolute Gasteiger partial charge is 0.268 e. The van der Waals surface area contributed by atoms with E-state index in [1.807, 2.05) is 6.07 Å². The average molecular weight is 600 g/mol. The van der Waals surface area contributed by atoms with Crippen LogP contribution in [0.15, 0.2) is 70.4 Å². The van der Waals surface area contributed by atoms with Crippen LogP contribution in [0.2, 0.25) is 0 Å². The molecule has 0 spiro atoms. The van der Waals surface area contributed by atoms with Gasteiger partial charge in [-0.05, 0) is 68.3 Å². The fourth-order valence-electron chi connectivity index (χ4n) is 4.73. The van der Waals surface area contributed by atoms with E-state index in [4.69, 9.17) is 5.26 Å². The number of aromatic nitrogens is 4. The van der Waals surface area contributed by atoms with E-state index in [0.717, 1.165) is 27.5 Å². The van der Waals surface area contributed by atoms with Crippen LogP contribution < -0.4 is 11.2 Å². The summed E-state index contributed by atoms with van der Waals surface area (Å²) in [6.07, 6.45) is -0.127. The summed E-state index contributed by atoms with van der Waals surface area (Å²) < 4.78 is 67.0. The maximum absolute atomic E-state index is 13.9. The van der Waals surface area contributed by atoms with E-state index < -0.39 is 32.8 Å². The van der Waals surface area contributed by atoms with Crippen LogP contribution in [-0.4, -0.2) is 39.3 Å². The molecule has 2 heterocycles. The zero-order valence-corrected chi connectivity index (χ0v) is 23.7. The van der Waals surface area contributed by atoms with Crippen LogP contribution >= 0.6 is 0 Å². The molecule has 0 aliphatic rings. The number of hydrogen-bond acceptors (Lipinski definition) is 6. The molecule has 0 saturated heterocycles. The van der Waals surface area contributed by atoms with Gasteiger partial charge in [0, 0.05) is 24.2 Å². The third-order valence-corrected chi connectivity index (χ3v) is 7.83. The highest BCUT2D eigenvalue weighted by Gasteiger charge is 2.31. The molecule has 42 heavy (non-hydrogen) atoms. The van der Waals surface area contributed by atoms with E-state index in [-0.39, 0.29) is 29.2 Å². The van der Waals surface area contributed by atoms with E-state index in [0.29, 0.717) is 42.6 Å². The van der Waals surface area contributed by atoms with Gasteiger partial charge in [-0.1, -0.05) is 18.9 Å². The number of rotatable bonds is 10.